The summed E-state index contributed by atoms with van der Waals surface area (Å²) >= 11 is 0. The van der Waals surface area contributed by atoms with Crippen LogP contribution in [0, 0.1) is 0 Å². The Kier molecular flexibility index (Phi) is 10.2. The number of hydrogen-bond donors (Lipinski definition) is 10. The molecule has 212 valence electrons. The molecule has 2 aromatic carbocycles. The van der Waals surface area contributed by atoms with Gasteiger partial charge >= 0.3 is 0 Å². The summed E-state index contributed by atoms with van der Waals surface area (Å²) in [5.74, 6) is -2.38. The van der Waals surface area contributed by atoms with Gasteiger partial charge < -0.3 is 53.6 Å². The monoisotopic (exact) mass is 544 g/mol. The summed E-state index contributed by atoms with van der Waals surface area (Å²) in [7, 11) is 0. The Hall–Kier alpha value is -3.75. The molecule has 39 heavy (non-hydrogen) atoms. The lowest BCUT2D eigenvalue weighted by Crippen LogP contribution is -2.57. The first-order valence-corrected chi connectivity index (χ1v) is 12.6. The summed E-state index contributed by atoms with van der Waals surface area (Å²) in [6.07, 6.45) is -2.63. The molecule has 13 nitrogen and oxygen atoms in total. The number of nitrogens with two attached hydrogens (primary N) is 3. The second kappa shape index (κ2) is 13.4. The van der Waals surface area contributed by atoms with Crippen LogP contribution in [0.4, 0.5) is 0 Å². The van der Waals surface area contributed by atoms with E-state index in [1.807, 2.05) is 0 Å². The van der Waals surface area contributed by atoms with E-state index < -0.39 is 48.1 Å². The molecular weight excluding hydrogens is 508 g/mol. The van der Waals surface area contributed by atoms with E-state index in [0.29, 0.717) is 22.3 Å². The molecule has 2 aromatic rings. The summed E-state index contributed by atoms with van der Waals surface area (Å²) in [4.78, 5) is 39.3. The molecule has 13 N–H and O–H groups in total. The predicted molar refractivity (Wildman–Crippen MR) is 142 cm³/mol. The molecule has 0 spiro atoms. The van der Waals surface area contributed by atoms with Crippen LogP contribution in [-0.2, 0) is 27.2 Å². The molecule has 3 amide bonds. The fraction of sp³-hybridized carbons (Fsp3) is 0.423. The Labute approximate surface area is 225 Å². The average molecular weight is 545 g/mol. The van der Waals surface area contributed by atoms with E-state index >= 15 is 0 Å². The van der Waals surface area contributed by atoms with E-state index in [4.69, 9.17) is 17.2 Å². The van der Waals surface area contributed by atoms with Gasteiger partial charge in [0.1, 0.15) is 23.6 Å². The maximum Gasteiger partial charge on any atom is 0.243 e. The third-order valence-electron chi connectivity index (χ3n) is 6.52. The van der Waals surface area contributed by atoms with Gasteiger partial charge in [0.05, 0.1) is 18.2 Å². The van der Waals surface area contributed by atoms with Gasteiger partial charge in [-0.3, -0.25) is 14.4 Å². The number of amides is 3. The van der Waals surface area contributed by atoms with E-state index in [1.54, 1.807) is 24.3 Å². The number of phenolic OH excluding ortho intramolecular Hbond substituents is 2. The normalized spacial score (nSPS) is 21.5. The number of rotatable bonds is 7. The Morgan fingerprint density at radius 3 is 2.03 bits per heavy atom. The van der Waals surface area contributed by atoms with E-state index in [-0.39, 0.29) is 50.4 Å². The van der Waals surface area contributed by atoms with Crippen molar-refractivity contribution in [3.8, 4) is 22.6 Å². The van der Waals surface area contributed by atoms with Crippen molar-refractivity contribution in [3.05, 3.63) is 47.5 Å². The highest BCUT2D eigenvalue weighted by molar-refractivity contribution is 5.93. The molecule has 0 saturated carbocycles. The molecular formula is C26H36N6O7. The summed E-state index contributed by atoms with van der Waals surface area (Å²) in [5.41, 5.74) is 19.0. The summed E-state index contributed by atoms with van der Waals surface area (Å²) in [6, 6.07) is 5.81. The highest BCUT2D eigenvalue weighted by atomic mass is 16.3. The number of carbonyl (C=O) groups excluding carboxylic acids is 3. The van der Waals surface area contributed by atoms with Crippen LogP contribution < -0.4 is 33.2 Å². The SMILES string of the molecule is NCC(O)CNC(=O)[C@@H]1Cc2cc(ccc2O)-c2ccc(O)c(c2)C[C@H](N)C(=O)N[C@@H](C[C@H](O)CN)C(=O)N1. The smallest absolute Gasteiger partial charge is 0.243 e. The third kappa shape index (κ3) is 7.88. The number of aliphatic hydroxyl groups excluding tert-OH is 2. The van der Waals surface area contributed by atoms with Gasteiger partial charge in [0.25, 0.3) is 0 Å². The van der Waals surface area contributed by atoms with Crippen molar-refractivity contribution >= 4 is 17.7 Å². The number of benzene rings is 2. The van der Waals surface area contributed by atoms with Crippen molar-refractivity contribution in [2.75, 3.05) is 19.6 Å². The molecule has 0 saturated heterocycles. The van der Waals surface area contributed by atoms with Gasteiger partial charge in [-0.15, -0.1) is 0 Å². The van der Waals surface area contributed by atoms with Crippen molar-refractivity contribution in [2.45, 2.75) is 49.6 Å². The Morgan fingerprint density at radius 2 is 1.46 bits per heavy atom. The molecule has 13 heteroatoms. The Balaban J connectivity index is 2.07. The highest BCUT2D eigenvalue weighted by Crippen LogP contribution is 2.30. The zero-order chi connectivity index (χ0) is 28.7. The first-order chi connectivity index (χ1) is 18.5. The fourth-order valence-corrected chi connectivity index (χ4v) is 4.19. The van der Waals surface area contributed by atoms with E-state index in [2.05, 4.69) is 16.0 Å². The van der Waals surface area contributed by atoms with Gasteiger partial charge in [0, 0.05) is 38.9 Å². The standard InChI is InChI=1S/C26H36N6O7/c27-10-17(33)9-21-26(39)32-20(25(38)30-12-18(34)11-28)8-16-6-14(2-4-23(16)36)13-1-3-22(35)15(5-13)7-19(29)24(37)31-21/h1-6,17-21,33-36H,7-12,27-29H2,(H,30,38)(H,31,37)(H,32,39)/t17-,18?,19-,20-,21-/m0/s1. The number of aromatic hydroxyl groups is 2. The minimum absolute atomic E-state index is 0.0568. The van der Waals surface area contributed by atoms with Crippen LogP contribution in [0.3, 0.4) is 0 Å². The average Bonchev–Trinajstić information content (AvgIpc) is 2.92. The van der Waals surface area contributed by atoms with E-state index in [1.165, 1.54) is 12.1 Å². The number of nitrogens with one attached hydrogen (secondary N) is 3. The van der Waals surface area contributed by atoms with Gasteiger partial charge in [-0.2, -0.15) is 0 Å². The molecule has 1 unspecified atom stereocenters. The maximum atomic E-state index is 13.3. The van der Waals surface area contributed by atoms with Crippen LogP contribution in [-0.4, -0.2) is 88.1 Å². The first-order valence-electron chi connectivity index (χ1n) is 12.6. The Morgan fingerprint density at radius 1 is 0.897 bits per heavy atom. The lowest BCUT2D eigenvalue weighted by molar-refractivity contribution is -0.133. The topological polar surface area (TPSA) is 246 Å². The summed E-state index contributed by atoms with van der Waals surface area (Å²) in [6.45, 7) is -0.459. The summed E-state index contributed by atoms with van der Waals surface area (Å²) < 4.78 is 0. The van der Waals surface area contributed by atoms with Crippen LogP contribution in [0.1, 0.15) is 17.5 Å². The minimum atomic E-state index is -1.31. The minimum Gasteiger partial charge on any atom is -0.508 e. The summed E-state index contributed by atoms with van der Waals surface area (Å²) in [5, 5.41) is 48.4. The van der Waals surface area contributed by atoms with Crippen molar-refractivity contribution in [1.29, 1.82) is 0 Å². The van der Waals surface area contributed by atoms with Crippen molar-refractivity contribution < 1.29 is 34.8 Å². The van der Waals surface area contributed by atoms with Crippen LogP contribution in [0.2, 0.25) is 0 Å². The zero-order valence-electron chi connectivity index (χ0n) is 21.3. The van der Waals surface area contributed by atoms with Crippen molar-refractivity contribution in [2.24, 2.45) is 17.2 Å². The largest absolute Gasteiger partial charge is 0.508 e. The third-order valence-corrected chi connectivity index (χ3v) is 6.52. The Bertz CT molecular complexity index is 1190. The molecule has 0 aliphatic carbocycles. The molecule has 0 radical (unpaired) electrons. The number of fused-ring (bicyclic) bond motifs is 5. The highest BCUT2D eigenvalue weighted by Gasteiger charge is 2.31. The van der Waals surface area contributed by atoms with Gasteiger partial charge in [-0.25, -0.2) is 0 Å². The lowest BCUT2D eigenvalue weighted by Gasteiger charge is -2.26. The van der Waals surface area contributed by atoms with E-state index in [9.17, 15) is 34.8 Å². The number of aliphatic hydroxyl groups is 2. The molecule has 5 atom stereocenters. The van der Waals surface area contributed by atoms with Crippen molar-refractivity contribution in [1.82, 2.24) is 16.0 Å². The first kappa shape index (κ1) is 29.8. The number of hydrogen-bond acceptors (Lipinski definition) is 10. The molecule has 0 aromatic heterocycles. The van der Waals surface area contributed by atoms with Crippen LogP contribution in [0.5, 0.6) is 11.5 Å². The maximum absolute atomic E-state index is 13.3. The lowest BCUT2D eigenvalue weighted by atomic mass is 9.95. The van der Waals surface area contributed by atoms with Gasteiger partial charge in [0.15, 0.2) is 0 Å². The predicted octanol–water partition coefficient (Wildman–Crippen LogP) is -2.69. The van der Waals surface area contributed by atoms with E-state index in [0.717, 1.165) is 0 Å². The van der Waals surface area contributed by atoms with Gasteiger partial charge in [-0.05, 0) is 46.5 Å². The van der Waals surface area contributed by atoms with Crippen molar-refractivity contribution in [3.63, 3.8) is 0 Å². The van der Waals surface area contributed by atoms with Crippen LogP contribution in [0.25, 0.3) is 11.1 Å². The molecule has 1 heterocycles. The quantitative estimate of drug-likeness (QED) is 0.173. The molecule has 3 rings (SSSR count). The number of carbonyl (C=O) groups is 3. The second-order valence-electron chi connectivity index (χ2n) is 9.58. The van der Waals surface area contributed by atoms with Crippen LogP contribution >= 0.6 is 0 Å². The van der Waals surface area contributed by atoms with Gasteiger partial charge in [0.2, 0.25) is 17.7 Å². The van der Waals surface area contributed by atoms with Gasteiger partial charge in [-0.1, -0.05) is 12.1 Å². The molecule has 4 bridgehead atoms. The second-order valence-corrected chi connectivity index (χ2v) is 9.58. The van der Waals surface area contributed by atoms with Crippen LogP contribution in [0.15, 0.2) is 36.4 Å². The number of phenols is 2. The molecule has 1 aliphatic heterocycles. The molecule has 0 fully saturated rings. The molecule has 1 aliphatic rings. The zero-order valence-corrected chi connectivity index (χ0v) is 21.3. The fourth-order valence-electron chi connectivity index (χ4n) is 4.19.